The number of aryl methyl sites for hydroxylation is 1. The van der Waals surface area contributed by atoms with Gasteiger partial charge >= 0.3 is 0 Å². The maximum atomic E-state index is 13.5. The van der Waals surface area contributed by atoms with Crippen molar-refractivity contribution in [2.45, 2.75) is 39.0 Å². The van der Waals surface area contributed by atoms with Gasteiger partial charge in [-0.2, -0.15) is 0 Å². The fraction of sp³-hybridized carbons (Fsp3) is 0.273. The summed E-state index contributed by atoms with van der Waals surface area (Å²) < 4.78 is 13.5. The van der Waals surface area contributed by atoms with Crippen molar-refractivity contribution in [1.29, 1.82) is 0 Å². The Morgan fingerprint density at radius 2 is 2.07 bits per heavy atom. The smallest absolute Gasteiger partial charge is 0.254 e. The third-order valence-electron chi connectivity index (χ3n) is 5.27. The zero-order chi connectivity index (χ0) is 19.8. The highest BCUT2D eigenvalue weighted by Gasteiger charge is 2.39. The normalized spacial score (nSPS) is 19.4. The lowest BCUT2D eigenvalue weighted by Gasteiger charge is -2.34. The molecule has 2 N–H and O–H groups in total. The number of allylic oxidation sites excluding steroid dienone is 3. The van der Waals surface area contributed by atoms with Crippen LogP contribution in [-0.2, 0) is 9.59 Å². The maximum absolute atomic E-state index is 13.5. The van der Waals surface area contributed by atoms with Gasteiger partial charge in [-0.05, 0) is 61.9 Å². The van der Waals surface area contributed by atoms with Gasteiger partial charge in [0.05, 0.1) is 5.92 Å². The Bertz CT molecular complexity index is 1030. The second kappa shape index (κ2) is 7.36. The lowest BCUT2D eigenvalue weighted by molar-refractivity contribution is -0.116. The van der Waals surface area contributed by atoms with Crippen molar-refractivity contribution in [3.05, 3.63) is 74.5 Å². The Kier molecular flexibility index (Phi) is 4.89. The number of amides is 1. The van der Waals surface area contributed by atoms with E-state index in [0.717, 1.165) is 34.7 Å². The lowest BCUT2D eigenvalue weighted by atomic mass is 9.77. The first-order valence-corrected chi connectivity index (χ1v) is 10.2. The molecule has 2 heterocycles. The topological polar surface area (TPSA) is 58.2 Å². The minimum absolute atomic E-state index is 0.0927. The molecule has 1 aliphatic heterocycles. The van der Waals surface area contributed by atoms with Gasteiger partial charge < -0.3 is 10.6 Å². The number of hydrogen-bond acceptors (Lipinski definition) is 4. The quantitative estimate of drug-likeness (QED) is 0.783. The van der Waals surface area contributed by atoms with E-state index in [1.165, 1.54) is 12.1 Å². The van der Waals surface area contributed by atoms with Gasteiger partial charge in [-0.3, -0.25) is 9.59 Å². The van der Waals surface area contributed by atoms with Crippen LogP contribution in [0.5, 0.6) is 0 Å². The SMILES string of the molecule is CC1=C(C(=O)Nc2cccc(F)c2)[C@@H](c2sccc2C)C2=C(CCCC2=O)N1. The summed E-state index contributed by atoms with van der Waals surface area (Å²) in [7, 11) is 0. The van der Waals surface area contributed by atoms with Gasteiger partial charge in [0.25, 0.3) is 5.91 Å². The molecule has 0 saturated heterocycles. The second-order valence-electron chi connectivity index (χ2n) is 7.20. The molecule has 0 saturated carbocycles. The third kappa shape index (κ3) is 3.29. The summed E-state index contributed by atoms with van der Waals surface area (Å²) in [6.45, 7) is 3.86. The molecule has 4 nitrogen and oxygen atoms in total. The molecule has 1 aromatic carbocycles. The number of dihydropyridines is 1. The van der Waals surface area contributed by atoms with Crippen LogP contribution < -0.4 is 10.6 Å². The molecule has 1 aliphatic carbocycles. The first-order chi connectivity index (χ1) is 13.5. The average Bonchev–Trinajstić information content (AvgIpc) is 3.06. The van der Waals surface area contributed by atoms with Crippen molar-refractivity contribution in [2.75, 3.05) is 5.32 Å². The third-order valence-corrected chi connectivity index (χ3v) is 6.35. The van der Waals surface area contributed by atoms with E-state index < -0.39 is 11.7 Å². The Morgan fingerprint density at radius 1 is 1.25 bits per heavy atom. The molecule has 2 aliphatic rings. The summed E-state index contributed by atoms with van der Waals surface area (Å²) in [5, 5.41) is 8.08. The van der Waals surface area contributed by atoms with Gasteiger partial charge in [-0.15, -0.1) is 11.3 Å². The van der Waals surface area contributed by atoms with E-state index in [9.17, 15) is 14.0 Å². The number of halogens is 1. The van der Waals surface area contributed by atoms with Crippen LogP contribution in [0.1, 0.15) is 42.5 Å². The monoisotopic (exact) mass is 396 g/mol. The molecule has 0 fully saturated rings. The van der Waals surface area contributed by atoms with Gasteiger partial charge in [0.2, 0.25) is 0 Å². The van der Waals surface area contributed by atoms with Crippen molar-refractivity contribution in [1.82, 2.24) is 5.32 Å². The van der Waals surface area contributed by atoms with Gasteiger partial charge in [0, 0.05) is 39.5 Å². The van der Waals surface area contributed by atoms with E-state index in [1.54, 1.807) is 23.5 Å². The number of ketones is 1. The van der Waals surface area contributed by atoms with Crippen LogP contribution in [0.4, 0.5) is 10.1 Å². The molecular weight excluding hydrogens is 375 g/mol. The fourth-order valence-corrected chi connectivity index (χ4v) is 5.04. The number of anilines is 1. The first-order valence-electron chi connectivity index (χ1n) is 9.30. The van der Waals surface area contributed by atoms with Crippen molar-refractivity contribution in [3.8, 4) is 0 Å². The van der Waals surface area contributed by atoms with Crippen molar-refractivity contribution >= 4 is 28.7 Å². The molecule has 28 heavy (non-hydrogen) atoms. The van der Waals surface area contributed by atoms with E-state index >= 15 is 0 Å². The minimum atomic E-state index is -0.414. The molecule has 1 atom stereocenters. The lowest BCUT2D eigenvalue weighted by Crippen LogP contribution is -2.35. The second-order valence-corrected chi connectivity index (χ2v) is 8.15. The molecule has 6 heteroatoms. The summed E-state index contributed by atoms with van der Waals surface area (Å²) in [5.74, 6) is -1.03. The van der Waals surface area contributed by atoms with Crippen LogP contribution in [0.3, 0.4) is 0 Å². The highest BCUT2D eigenvalue weighted by Crippen LogP contribution is 2.45. The minimum Gasteiger partial charge on any atom is -0.362 e. The van der Waals surface area contributed by atoms with Gasteiger partial charge in [0.1, 0.15) is 5.82 Å². The summed E-state index contributed by atoms with van der Waals surface area (Å²) in [4.78, 5) is 27.1. The number of rotatable bonds is 3. The van der Waals surface area contributed by atoms with Crippen molar-refractivity contribution in [2.24, 2.45) is 0 Å². The van der Waals surface area contributed by atoms with Crippen LogP contribution in [0.25, 0.3) is 0 Å². The number of benzene rings is 1. The van der Waals surface area contributed by atoms with Crippen LogP contribution in [0.2, 0.25) is 0 Å². The molecule has 0 bridgehead atoms. The summed E-state index contributed by atoms with van der Waals surface area (Å²) in [6.07, 6.45) is 2.12. The van der Waals surface area contributed by atoms with Crippen LogP contribution >= 0.6 is 11.3 Å². The predicted octanol–water partition coefficient (Wildman–Crippen LogP) is 4.80. The number of nitrogens with one attached hydrogen (secondary N) is 2. The van der Waals surface area contributed by atoms with Gasteiger partial charge in [-0.1, -0.05) is 6.07 Å². The molecule has 1 aromatic heterocycles. The van der Waals surface area contributed by atoms with Crippen LogP contribution in [0.15, 0.2) is 58.3 Å². The molecule has 0 unspecified atom stereocenters. The Labute approximate surface area is 167 Å². The molecular formula is C22H21FN2O2S. The van der Waals surface area contributed by atoms with E-state index in [0.29, 0.717) is 23.3 Å². The number of hydrogen-bond donors (Lipinski definition) is 2. The molecule has 144 valence electrons. The standard InChI is InChI=1S/C22H21FN2O2S/c1-12-9-10-28-21(12)20-18(22(27)25-15-6-3-5-14(23)11-15)13(2)24-16-7-4-8-17(26)19(16)20/h3,5-6,9-11,20,24H,4,7-8H2,1-2H3,(H,25,27)/t20-/m1/s1. The van der Waals surface area contributed by atoms with E-state index in [4.69, 9.17) is 0 Å². The highest BCUT2D eigenvalue weighted by molar-refractivity contribution is 7.10. The highest BCUT2D eigenvalue weighted by atomic mass is 32.1. The molecule has 4 rings (SSSR count). The Hall–Kier alpha value is -2.73. The Balaban J connectivity index is 1.79. The van der Waals surface area contributed by atoms with Crippen molar-refractivity contribution < 1.29 is 14.0 Å². The zero-order valence-corrected chi connectivity index (χ0v) is 16.6. The molecule has 1 amide bonds. The fourth-order valence-electron chi connectivity index (χ4n) is 3.99. The number of carbonyl (C=O) groups excluding carboxylic acids is 2. The first kappa shape index (κ1) is 18.6. The van der Waals surface area contributed by atoms with Crippen LogP contribution in [0, 0.1) is 12.7 Å². The number of carbonyl (C=O) groups is 2. The van der Waals surface area contributed by atoms with Gasteiger partial charge in [0.15, 0.2) is 5.78 Å². The average molecular weight is 396 g/mol. The van der Waals surface area contributed by atoms with Crippen LogP contribution in [-0.4, -0.2) is 11.7 Å². The summed E-state index contributed by atoms with van der Waals surface area (Å²) >= 11 is 1.56. The number of Topliss-reactive ketones (excluding diaryl/α,β-unsaturated/α-hetero) is 1. The molecule has 2 aromatic rings. The number of thiophene rings is 1. The summed E-state index contributed by atoms with van der Waals surface area (Å²) in [5.41, 5.74) is 4.33. The zero-order valence-electron chi connectivity index (χ0n) is 15.8. The largest absolute Gasteiger partial charge is 0.362 e. The van der Waals surface area contributed by atoms with E-state index in [2.05, 4.69) is 10.6 Å². The molecule has 0 spiro atoms. The van der Waals surface area contributed by atoms with Gasteiger partial charge in [-0.25, -0.2) is 4.39 Å². The van der Waals surface area contributed by atoms with E-state index in [-0.39, 0.29) is 11.7 Å². The predicted molar refractivity (Wildman–Crippen MR) is 109 cm³/mol. The molecule has 0 radical (unpaired) electrons. The van der Waals surface area contributed by atoms with E-state index in [1.807, 2.05) is 25.3 Å². The van der Waals surface area contributed by atoms with Crippen molar-refractivity contribution in [3.63, 3.8) is 0 Å². The maximum Gasteiger partial charge on any atom is 0.254 e. The Morgan fingerprint density at radius 3 is 2.79 bits per heavy atom. The summed E-state index contributed by atoms with van der Waals surface area (Å²) in [6, 6.07) is 7.82.